The molecule has 0 aliphatic carbocycles. The van der Waals surface area contributed by atoms with Crippen molar-refractivity contribution in [2.75, 3.05) is 18.4 Å². The zero-order chi connectivity index (χ0) is 15.4. The maximum absolute atomic E-state index is 12.1. The van der Waals surface area contributed by atoms with Gasteiger partial charge in [-0.1, -0.05) is 12.1 Å². The van der Waals surface area contributed by atoms with Crippen molar-refractivity contribution in [3.8, 4) is 0 Å². The van der Waals surface area contributed by atoms with E-state index in [1.54, 1.807) is 6.07 Å². The first-order valence-corrected chi connectivity index (χ1v) is 7.50. The summed E-state index contributed by atoms with van der Waals surface area (Å²) in [5.41, 5.74) is 2.10. The molecule has 1 unspecified atom stereocenters. The van der Waals surface area contributed by atoms with E-state index in [1.165, 1.54) is 24.2 Å². The lowest BCUT2D eigenvalue weighted by Gasteiger charge is -2.09. The number of aromatic nitrogens is 1. The molecule has 1 fully saturated rings. The molecule has 3 rings (SSSR count). The maximum atomic E-state index is 12.1. The number of H-pyrrole nitrogens is 1. The van der Waals surface area contributed by atoms with Gasteiger partial charge in [0.05, 0.1) is 0 Å². The number of hydrogen-bond donors (Lipinski definition) is 3. The third-order valence-corrected chi connectivity index (χ3v) is 3.94. The van der Waals surface area contributed by atoms with Gasteiger partial charge >= 0.3 is 0 Å². The Hall–Kier alpha value is -2.40. The van der Waals surface area contributed by atoms with Crippen LogP contribution in [0.2, 0.25) is 0 Å². The molecular formula is C17H19N3O2. The van der Waals surface area contributed by atoms with Crippen molar-refractivity contribution in [2.24, 2.45) is 5.92 Å². The van der Waals surface area contributed by atoms with E-state index < -0.39 is 0 Å². The second-order valence-corrected chi connectivity index (χ2v) is 5.66. The summed E-state index contributed by atoms with van der Waals surface area (Å²) in [6.45, 7) is 2.17. The molecule has 1 aliphatic heterocycles. The van der Waals surface area contributed by atoms with Crippen LogP contribution in [0.15, 0.2) is 47.4 Å². The summed E-state index contributed by atoms with van der Waals surface area (Å²) in [5.74, 6) is 0.482. The van der Waals surface area contributed by atoms with Crippen LogP contribution in [0.25, 0.3) is 0 Å². The lowest BCUT2D eigenvalue weighted by Crippen LogP contribution is -2.14. The van der Waals surface area contributed by atoms with Crippen LogP contribution in [0, 0.1) is 5.92 Å². The van der Waals surface area contributed by atoms with Crippen LogP contribution in [0.4, 0.5) is 5.69 Å². The van der Waals surface area contributed by atoms with Crippen molar-refractivity contribution in [1.29, 1.82) is 0 Å². The van der Waals surface area contributed by atoms with Gasteiger partial charge in [-0.15, -0.1) is 0 Å². The van der Waals surface area contributed by atoms with E-state index in [2.05, 4.69) is 15.6 Å². The molecular weight excluding hydrogens is 278 g/mol. The Balaban J connectivity index is 1.64. The largest absolute Gasteiger partial charge is 0.329 e. The van der Waals surface area contributed by atoms with Gasteiger partial charge in [0.1, 0.15) is 0 Å². The van der Waals surface area contributed by atoms with E-state index in [-0.39, 0.29) is 11.5 Å². The Morgan fingerprint density at radius 3 is 2.73 bits per heavy atom. The Bertz CT molecular complexity index is 700. The molecule has 1 atom stereocenters. The molecule has 3 N–H and O–H groups in total. The highest BCUT2D eigenvalue weighted by Gasteiger charge is 2.15. The number of aromatic amines is 1. The van der Waals surface area contributed by atoms with Gasteiger partial charge < -0.3 is 15.6 Å². The van der Waals surface area contributed by atoms with Gasteiger partial charge in [-0.05, 0) is 55.6 Å². The average Bonchev–Trinajstić information content (AvgIpc) is 3.01. The first-order chi connectivity index (χ1) is 10.7. The van der Waals surface area contributed by atoms with Crippen molar-refractivity contribution in [1.82, 2.24) is 10.3 Å². The molecule has 2 heterocycles. The Morgan fingerprint density at radius 2 is 2.05 bits per heavy atom. The molecule has 0 spiro atoms. The van der Waals surface area contributed by atoms with Crippen molar-refractivity contribution in [3.05, 3.63) is 64.1 Å². The van der Waals surface area contributed by atoms with E-state index in [1.807, 2.05) is 24.3 Å². The normalized spacial score (nSPS) is 17.4. The van der Waals surface area contributed by atoms with Crippen LogP contribution in [0.3, 0.4) is 0 Å². The minimum Gasteiger partial charge on any atom is -0.329 e. The number of carbonyl (C=O) groups is 1. The number of anilines is 1. The second kappa shape index (κ2) is 6.58. The molecule has 1 aliphatic rings. The first-order valence-electron chi connectivity index (χ1n) is 7.50. The zero-order valence-corrected chi connectivity index (χ0v) is 12.3. The van der Waals surface area contributed by atoms with Gasteiger partial charge in [-0.3, -0.25) is 9.59 Å². The van der Waals surface area contributed by atoms with Crippen molar-refractivity contribution < 1.29 is 4.79 Å². The molecule has 1 aromatic carbocycles. The fourth-order valence-corrected chi connectivity index (χ4v) is 2.74. The molecule has 114 valence electrons. The number of pyridine rings is 1. The van der Waals surface area contributed by atoms with Crippen molar-refractivity contribution in [3.63, 3.8) is 0 Å². The summed E-state index contributed by atoms with van der Waals surface area (Å²) in [4.78, 5) is 25.9. The summed E-state index contributed by atoms with van der Waals surface area (Å²) in [6, 6.07) is 10.7. The average molecular weight is 297 g/mol. The van der Waals surface area contributed by atoms with Gasteiger partial charge in [0.2, 0.25) is 5.56 Å². The predicted octanol–water partition coefficient (Wildman–Crippen LogP) is 1.78. The van der Waals surface area contributed by atoms with E-state index in [9.17, 15) is 9.59 Å². The Kier molecular flexibility index (Phi) is 4.34. The molecule has 1 amide bonds. The van der Waals surface area contributed by atoms with Crippen LogP contribution >= 0.6 is 0 Å². The highest BCUT2D eigenvalue weighted by atomic mass is 16.1. The van der Waals surface area contributed by atoms with E-state index in [0.717, 1.165) is 19.5 Å². The van der Waals surface area contributed by atoms with Gasteiger partial charge in [0.15, 0.2) is 0 Å². The molecule has 0 saturated carbocycles. The van der Waals surface area contributed by atoms with Gasteiger partial charge in [-0.25, -0.2) is 0 Å². The number of amides is 1. The van der Waals surface area contributed by atoms with Gasteiger partial charge in [0.25, 0.3) is 5.91 Å². The maximum Gasteiger partial charge on any atom is 0.255 e. The number of benzene rings is 1. The second-order valence-electron chi connectivity index (χ2n) is 5.66. The van der Waals surface area contributed by atoms with Crippen LogP contribution in [0.5, 0.6) is 0 Å². The minimum atomic E-state index is -0.238. The molecule has 2 aromatic rings. The van der Waals surface area contributed by atoms with Crippen LogP contribution in [0.1, 0.15) is 22.3 Å². The Labute approximate surface area is 128 Å². The Morgan fingerprint density at radius 1 is 1.23 bits per heavy atom. The molecule has 22 heavy (non-hydrogen) atoms. The van der Waals surface area contributed by atoms with E-state index in [0.29, 0.717) is 17.2 Å². The van der Waals surface area contributed by atoms with E-state index in [4.69, 9.17) is 0 Å². The SMILES string of the molecule is O=C(Nc1cc[nH]c(=O)c1)c1ccc(CC2CCNC2)cc1. The summed E-state index contributed by atoms with van der Waals surface area (Å²) >= 11 is 0. The highest BCUT2D eigenvalue weighted by molar-refractivity contribution is 6.04. The summed E-state index contributed by atoms with van der Waals surface area (Å²) in [7, 11) is 0. The lowest BCUT2D eigenvalue weighted by atomic mass is 9.98. The van der Waals surface area contributed by atoms with Crippen LogP contribution in [-0.2, 0) is 6.42 Å². The van der Waals surface area contributed by atoms with Crippen molar-refractivity contribution in [2.45, 2.75) is 12.8 Å². The third kappa shape index (κ3) is 3.62. The fourth-order valence-electron chi connectivity index (χ4n) is 2.74. The number of rotatable bonds is 4. The number of carbonyl (C=O) groups excluding carboxylic acids is 1. The van der Waals surface area contributed by atoms with Crippen LogP contribution < -0.4 is 16.2 Å². The minimum absolute atomic E-state index is 0.209. The van der Waals surface area contributed by atoms with E-state index >= 15 is 0 Å². The first kappa shape index (κ1) is 14.5. The summed E-state index contributed by atoms with van der Waals surface area (Å²) in [6.07, 6.45) is 3.77. The molecule has 1 aromatic heterocycles. The standard InChI is InChI=1S/C17H19N3O2/c21-16-10-15(6-8-19-16)20-17(22)14-3-1-12(2-4-14)9-13-5-7-18-11-13/h1-4,6,8,10,13,18H,5,7,9,11H2,(H2,19,20,21,22). The fraction of sp³-hybridized carbons (Fsp3) is 0.294. The number of hydrogen-bond acceptors (Lipinski definition) is 3. The van der Waals surface area contributed by atoms with Crippen molar-refractivity contribution >= 4 is 11.6 Å². The quantitative estimate of drug-likeness (QED) is 0.805. The topological polar surface area (TPSA) is 74.0 Å². The number of nitrogens with one attached hydrogen (secondary N) is 3. The monoisotopic (exact) mass is 297 g/mol. The summed E-state index contributed by atoms with van der Waals surface area (Å²) < 4.78 is 0. The molecule has 0 bridgehead atoms. The zero-order valence-electron chi connectivity index (χ0n) is 12.3. The smallest absolute Gasteiger partial charge is 0.255 e. The predicted molar refractivity (Wildman–Crippen MR) is 86.1 cm³/mol. The highest BCUT2D eigenvalue weighted by Crippen LogP contribution is 2.16. The molecule has 1 saturated heterocycles. The van der Waals surface area contributed by atoms with Gasteiger partial charge in [-0.2, -0.15) is 0 Å². The third-order valence-electron chi connectivity index (χ3n) is 3.94. The summed E-state index contributed by atoms with van der Waals surface area (Å²) in [5, 5.41) is 6.08. The lowest BCUT2D eigenvalue weighted by molar-refractivity contribution is 0.102. The molecule has 5 heteroatoms. The van der Waals surface area contributed by atoms with Crippen LogP contribution in [-0.4, -0.2) is 24.0 Å². The van der Waals surface area contributed by atoms with Gasteiger partial charge in [0, 0.05) is 23.5 Å². The molecule has 0 radical (unpaired) electrons. The molecule has 5 nitrogen and oxygen atoms in total.